The van der Waals surface area contributed by atoms with Crippen LogP contribution in [0.3, 0.4) is 0 Å². The largest absolute Gasteiger partial charge is 0.480 e. The van der Waals surface area contributed by atoms with Crippen molar-refractivity contribution in [3.05, 3.63) is 94.3 Å². The normalized spacial score (nSPS) is 11.5. The van der Waals surface area contributed by atoms with Crippen molar-refractivity contribution in [1.29, 1.82) is 0 Å². The number of benzene rings is 3. The van der Waals surface area contributed by atoms with E-state index in [0.29, 0.717) is 16.5 Å². The van der Waals surface area contributed by atoms with Gasteiger partial charge in [-0.1, -0.05) is 42.0 Å². The van der Waals surface area contributed by atoms with Gasteiger partial charge in [-0.05, 0) is 61.4 Å². The second-order valence-corrected chi connectivity index (χ2v) is 9.57. The Morgan fingerprint density at radius 3 is 2.30 bits per heavy atom. The molecule has 0 unspecified atom stereocenters. The van der Waals surface area contributed by atoms with Gasteiger partial charge in [-0.3, -0.25) is 9.10 Å². The van der Waals surface area contributed by atoms with Crippen LogP contribution in [0.1, 0.15) is 11.1 Å². The Labute approximate surface area is 190 Å². The molecule has 3 aromatic carbocycles. The predicted molar refractivity (Wildman–Crippen MR) is 126 cm³/mol. The zero-order valence-electron chi connectivity index (χ0n) is 18.0. The molecule has 0 aliphatic rings. The van der Waals surface area contributed by atoms with Gasteiger partial charge in [-0.15, -0.1) is 0 Å². The Kier molecular flexibility index (Phi) is 5.78. The lowest BCUT2D eigenvalue weighted by Crippen LogP contribution is -2.35. The molecule has 0 saturated heterocycles. The summed E-state index contributed by atoms with van der Waals surface area (Å²) in [4.78, 5) is 24.1. The van der Waals surface area contributed by atoms with E-state index >= 15 is 0 Å². The highest BCUT2D eigenvalue weighted by Crippen LogP contribution is 2.29. The van der Waals surface area contributed by atoms with Crippen LogP contribution in [0, 0.1) is 13.8 Å². The third kappa shape index (κ3) is 4.38. The summed E-state index contributed by atoms with van der Waals surface area (Å²) in [7, 11) is -4.15. The predicted octanol–water partition coefficient (Wildman–Crippen LogP) is 4.36. The van der Waals surface area contributed by atoms with Crippen LogP contribution < -0.4 is 9.93 Å². The molecule has 1 heterocycles. The minimum Gasteiger partial charge on any atom is -0.480 e. The molecule has 0 atom stereocenters. The van der Waals surface area contributed by atoms with Gasteiger partial charge in [-0.2, -0.15) is 0 Å². The molecule has 4 rings (SSSR count). The second kappa shape index (κ2) is 8.55. The molecule has 33 heavy (non-hydrogen) atoms. The van der Waals surface area contributed by atoms with Gasteiger partial charge in [0.25, 0.3) is 10.0 Å². The summed E-state index contributed by atoms with van der Waals surface area (Å²) in [5.41, 5.74) is 2.70. The van der Waals surface area contributed by atoms with Crippen LogP contribution in [0.15, 0.2) is 86.9 Å². The smallest absolute Gasteiger partial charge is 0.344 e. The molecule has 1 N–H and O–H groups in total. The van der Waals surface area contributed by atoms with E-state index in [9.17, 15) is 23.1 Å². The van der Waals surface area contributed by atoms with E-state index in [1.165, 1.54) is 30.3 Å². The number of fused-ring (bicyclic) bond motifs is 1. The van der Waals surface area contributed by atoms with Gasteiger partial charge in [0.05, 0.1) is 16.1 Å². The van der Waals surface area contributed by atoms with Crippen molar-refractivity contribution >= 4 is 32.6 Å². The molecular weight excluding hydrogens is 442 g/mol. The van der Waals surface area contributed by atoms with Gasteiger partial charge < -0.3 is 9.52 Å². The van der Waals surface area contributed by atoms with E-state index in [2.05, 4.69) is 0 Å². The molecule has 1 aromatic heterocycles. The lowest BCUT2D eigenvalue weighted by molar-refractivity contribution is -0.135. The average molecular weight is 464 g/mol. The van der Waals surface area contributed by atoms with Crippen molar-refractivity contribution < 1.29 is 22.7 Å². The summed E-state index contributed by atoms with van der Waals surface area (Å²) < 4.78 is 32.9. The molecular formula is C25H21NO6S. The third-order valence-electron chi connectivity index (χ3n) is 5.33. The van der Waals surface area contributed by atoms with E-state index in [1.807, 2.05) is 32.0 Å². The summed E-state index contributed by atoms with van der Waals surface area (Å²) in [5, 5.41) is 9.88. The van der Waals surface area contributed by atoms with Crippen molar-refractivity contribution in [2.24, 2.45) is 0 Å². The monoisotopic (exact) mass is 463 g/mol. The van der Waals surface area contributed by atoms with Crippen LogP contribution in [0.5, 0.6) is 0 Å². The number of aryl methyl sites for hydroxylation is 2. The zero-order valence-corrected chi connectivity index (χ0v) is 18.8. The Balaban J connectivity index is 1.87. The number of aliphatic carboxylic acids is 1. The maximum atomic E-state index is 13.3. The van der Waals surface area contributed by atoms with E-state index in [4.69, 9.17) is 4.42 Å². The number of carbonyl (C=O) groups is 1. The number of rotatable bonds is 6. The molecule has 168 valence electrons. The van der Waals surface area contributed by atoms with E-state index < -0.39 is 28.2 Å². The maximum Gasteiger partial charge on any atom is 0.344 e. The molecule has 8 heteroatoms. The maximum absolute atomic E-state index is 13.3. The molecule has 0 fully saturated rings. The van der Waals surface area contributed by atoms with Gasteiger partial charge in [0.2, 0.25) is 0 Å². The van der Waals surface area contributed by atoms with Crippen molar-refractivity contribution in [3.8, 4) is 11.1 Å². The van der Waals surface area contributed by atoms with E-state index in [-0.39, 0.29) is 16.2 Å². The van der Waals surface area contributed by atoms with Gasteiger partial charge in [0, 0.05) is 5.39 Å². The summed E-state index contributed by atoms with van der Waals surface area (Å²) in [5.74, 6) is -1.30. The first-order valence-electron chi connectivity index (χ1n) is 10.1. The van der Waals surface area contributed by atoms with Crippen LogP contribution in [-0.2, 0) is 14.8 Å². The molecule has 0 bridgehead atoms. The quantitative estimate of drug-likeness (QED) is 0.426. The van der Waals surface area contributed by atoms with Crippen LogP contribution in [0.4, 0.5) is 5.69 Å². The van der Waals surface area contributed by atoms with Crippen molar-refractivity contribution in [2.45, 2.75) is 18.7 Å². The Bertz CT molecular complexity index is 1520. The molecule has 0 aliphatic carbocycles. The standard InChI is InChI=1S/C25H21NO6S/c1-16-7-10-20(11-8-16)33(30,31)26(15-24(27)28)19-9-12-23-18(13-19)14-22(25(29)32-23)21-6-4-3-5-17(21)2/h3-14H,15H2,1-2H3,(H,27,28). The summed E-state index contributed by atoms with van der Waals surface area (Å²) >= 11 is 0. The number of hydrogen-bond acceptors (Lipinski definition) is 5. The van der Waals surface area contributed by atoms with Gasteiger partial charge in [0.15, 0.2) is 0 Å². The lowest BCUT2D eigenvalue weighted by Gasteiger charge is -2.23. The summed E-state index contributed by atoms with van der Waals surface area (Å²) in [6.45, 7) is 2.94. The number of carboxylic acid groups (broad SMARTS) is 1. The SMILES string of the molecule is Cc1ccc(S(=O)(=O)N(CC(=O)O)c2ccc3oc(=O)c(-c4ccccc4C)cc3c2)cc1. The first-order valence-corrected chi connectivity index (χ1v) is 11.6. The van der Waals surface area contributed by atoms with Crippen LogP contribution in [0.25, 0.3) is 22.1 Å². The zero-order chi connectivity index (χ0) is 23.8. The molecule has 0 amide bonds. The molecule has 0 saturated carbocycles. The number of anilines is 1. The van der Waals surface area contributed by atoms with Crippen molar-refractivity contribution in [1.82, 2.24) is 0 Å². The fourth-order valence-corrected chi connectivity index (χ4v) is 5.01. The molecule has 0 spiro atoms. The van der Waals surface area contributed by atoms with Gasteiger partial charge in [0.1, 0.15) is 12.1 Å². The molecule has 0 aliphatic heterocycles. The third-order valence-corrected chi connectivity index (χ3v) is 7.11. The number of carboxylic acids is 1. The number of nitrogens with zero attached hydrogens (tertiary/aromatic N) is 1. The lowest BCUT2D eigenvalue weighted by atomic mass is 10.0. The second-order valence-electron chi connectivity index (χ2n) is 7.70. The molecule has 7 nitrogen and oxygen atoms in total. The minimum absolute atomic E-state index is 0.0189. The Hall–Kier alpha value is -3.91. The highest BCUT2D eigenvalue weighted by atomic mass is 32.2. The number of sulfonamides is 1. The summed E-state index contributed by atoms with van der Waals surface area (Å²) in [6.07, 6.45) is 0. The minimum atomic E-state index is -4.15. The van der Waals surface area contributed by atoms with Crippen molar-refractivity contribution in [3.63, 3.8) is 0 Å². The van der Waals surface area contributed by atoms with Gasteiger partial charge in [-0.25, -0.2) is 13.2 Å². The first kappa shape index (κ1) is 22.3. The number of hydrogen-bond donors (Lipinski definition) is 1. The van der Waals surface area contributed by atoms with E-state index in [0.717, 1.165) is 15.4 Å². The average Bonchev–Trinajstić information content (AvgIpc) is 2.77. The van der Waals surface area contributed by atoms with Crippen molar-refractivity contribution in [2.75, 3.05) is 10.8 Å². The molecule has 0 radical (unpaired) electrons. The Morgan fingerprint density at radius 1 is 0.939 bits per heavy atom. The van der Waals surface area contributed by atoms with Crippen LogP contribution in [0.2, 0.25) is 0 Å². The topological polar surface area (TPSA) is 105 Å². The van der Waals surface area contributed by atoms with Gasteiger partial charge >= 0.3 is 11.6 Å². The fraction of sp³-hybridized carbons (Fsp3) is 0.120. The fourth-order valence-electron chi connectivity index (χ4n) is 3.60. The Morgan fingerprint density at radius 2 is 1.64 bits per heavy atom. The van der Waals surface area contributed by atoms with Crippen LogP contribution in [-0.4, -0.2) is 26.0 Å². The summed E-state index contributed by atoms with van der Waals surface area (Å²) in [6, 6.07) is 19.6. The van der Waals surface area contributed by atoms with Crippen LogP contribution >= 0.6 is 0 Å². The highest BCUT2D eigenvalue weighted by Gasteiger charge is 2.27. The first-order chi connectivity index (χ1) is 15.7. The highest BCUT2D eigenvalue weighted by molar-refractivity contribution is 7.92. The van der Waals surface area contributed by atoms with E-state index in [1.54, 1.807) is 24.3 Å². The molecule has 4 aromatic rings.